The van der Waals surface area contributed by atoms with E-state index < -0.39 is 16.0 Å². The van der Waals surface area contributed by atoms with Crippen molar-refractivity contribution in [1.29, 1.82) is 0 Å². The van der Waals surface area contributed by atoms with Gasteiger partial charge in [-0.25, -0.2) is 9.78 Å². The summed E-state index contributed by atoms with van der Waals surface area (Å²) in [5.41, 5.74) is 1.10. The second kappa shape index (κ2) is 7.52. The quantitative estimate of drug-likeness (QED) is 0.782. The minimum atomic E-state index is -4.03. The Morgan fingerprint density at radius 1 is 1.24 bits per heavy atom. The molecular formula is C17H20N2O5S. The number of aromatic carboxylic acids is 1. The fourth-order valence-electron chi connectivity index (χ4n) is 2.57. The van der Waals surface area contributed by atoms with Gasteiger partial charge in [0.2, 0.25) is 0 Å². The van der Waals surface area contributed by atoms with Crippen molar-refractivity contribution in [3.8, 4) is 5.75 Å². The van der Waals surface area contributed by atoms with Crippen molar-refractivity contribution in [1.82, 2.24) is 4.98 Å². The Morgan fingerprint density at radius 2 is 1.92 bits per heavy atom. The number of carboxylic acids is 1. The van der Waals surface area contributed by atoms with Crippen molar-refractivity contribution >= 4 is 21.7 Å². The summed E-state index contributed by atoms with van der Waals surface area (Å²) < 4.78 is 32.8. The first-order chi connectivity index (χ1) is 11.9. The number of nitrogens with one attached hydrogen (secondary N) is 1. The van der Waals surface area contributed by atoms with Crippen molar-refractivity contribution < 1.29 is 23.1 Å². The number of anilines is 1. The second-order valence-electron chi connectivity index (χ2n) is 5.26. The number of aromatic nitrogens is 1. The molecule has 0 atom stereocenters. The molecule has 0 aliphatic carbocycles. The Kier molecular flexibility index (Phi) is 5.63. The number of nitrogens with zero attached hydrogens (tertiary/aromatic N) is 1. The van der Waals surface area contributed by atoms with Gasteiger partial charge in [-0.1, -0.05) is 26.0 Å². The van der Waals surface area contributed by atoms with Gasteiger partial charge in [0.05, 0.1) is 12.8 Å². The number of hydrogen-bond acceptors (Lipinski definition) is 5. The van der Waals surface area contributed by atoms with E-state index in [2.05, 4.69) is 9.71 Å². The molecule has 0 aliphatic heterocycles. The van der Waals surface area contributed by atoms with Gasteiger partial charge in [0.15, 0.2) is 5.03 Å². The normalized spacial score (nSPS) is 11.2. The zero-order valence-electron chi connectivity index (χ0n) is 14.2. The van der Waals surface area contributed by atoms with Gasteiger partial charge in [0.25, 0.3) is 10.0 Å². The number of ether oxygens (including phenoxy) is 1. The summed E-state index contributed by atoms with van der Waals surface area (Å²) in [6, 6.07) is 6.24. The molecule has 2 aromatic rings. The van der Waals surface area contributed by atoms with Crippen molar-refractivity contribution in [2.75, 3.05) is 11.8 Å². The number of hydrogen-bond donors (Lipinski definition) is 2. The summed E-state index contributed by atoms with van der Waals surface area (Å²) in [5.74, 6) is -1.11. The molecule has 1 heterocycles. The first kappa shape index (κ1) is 18.7. The van der Waals surface area contributed by atoms with Crippen LogP contribution in [-0.4, -0.2) is 31.6 Å². The summed E-state index contributed by atoms with van der Waals surface area (Å²) in [7, 11) is -2.66. The first-order valence-corrected chi connectivity index (χ1v) is 9.23. The molecule has 0 radical (unpaired) electrons. The molecule has 7 nitrogen and oxygen atoms in total. The standard InChI is InChI=1S/C17H20N2O5S/c1-4-11-10-12(5-2)16(24-3)14(17(20)21)15(11)19-25(22,23)13-8-6-7-9-18-13/h6-10,19H,4-5H2,1-3H3,(H,20,21). The monoisotopic (exact) mass is 364 g/mol. The number of aryl methyl sites for hydroxylation is 2. The highest BCUT2D eigenvalue weighted by Gasteiger charge is 2.27. The lowest BCUT2D eigenvalue weighted by Crippen LogP contribution is -2.19. The summed E-state index contributed by atoms with van der Waals surface area (Å²) in [4.78, 5) is 15.7. The zero-order chi connectivity index (χ0) is 18.6. The Hall–Kier alpha value is -2.61. The zero-order valence-corrected chi connectivity index (χ0v) is 15.1. The van der Waals surface area contributed by atoms with Gasteiger partial charge in [-0.05, 0) is 36.1 Å². The van der Waals surface area contributed by atoms with Crippen LogP contribution in [0.1, 0.15) is 35.3 Å². The molecule has 0 spiro atoms. The van der Waals surface area contributed by atoms with E-state index in [1.54, 1.807) is 18.2 Å². The molecule has 1 aromatic carbocycles. The molecule has 8 heteroatoms. The van der Waals surface area contributed by atoms with Crippen molar-refractivity contribution in [2.24, 2.45) is 0 Å². The molecule has 2 rings (SSSR count). The molecule has 1 aromatic heterocycles. The van der Waals surface area contributed by atoms with Gasteiger partial charge in [0.1, 0.15) is 11.3 Å². The highest BCUT2D eigenvalue weighted by atomic mass is 32.2. The fourth-order valence-corrected chi connectivity index (χ4v) is 3.63. The van der Waals surface area contributed by atoms with Crippen molar-refractivity contribution in [3.63, 3.8) is 0 Å². The van der Waals surface area contributed by atoms with E-state index in [4.69, 9.17) is 4.74 Å². The molecule has 2 N–H and O–H groups in total. The molecule has 0 saturated heterocycles. The average molecular weight is 364 g/mol. The predicted molar refractivity (Wildman–Crippen MR) is 93.8 cm³/mol. The number of methoxy groups -OCH3 is 1. The minimum absolute atomic E-state index is 0.00898. The van der Waals surface area contributed by atoms with Crippen molar-refractivity contribution in [3.05, 3.63) is 47.2 Å². The minimum Gasteiger partial charge on any atom is -0.495 e. The predicted octanol–water partition coefficient (Wildman–Crippen LogP) is 2.71. The summed E-state index contributed by atoms with van der Waals surface area (Å²) >= 11 is 0. The number of pyridine rings is 1. The van der Waals surface area contributed by atoms with Crippen LogP contribution in [-0.2, 0) is 22.9 Å². The molecule has 0 fully saturated rings. The summed E-state index contributed by atoms with van der Waals surface area (Å²) in [6.07, 6.45) is 2.37. The first-order valence-electron chi connectivity index (χ1n) is 7.75. The Morgan fingerprint density at radius 3 is 2.40 bits per heavy atom. The van der Waals surface area contributed by atoms with Crippen molar-refractivity contribution in [2.45, 2.75) is 31.7 Å². The molecule has 0 unspecified atom stereocenters. The largest absolute Gasteiger partial charge is 0.495 e. The molecule has 0 saturated carbocycles. The van der Waals surface area contributed by atoms with E-state index in [-0.39, 0.29) is 22.0 Å². The highest BCUT2D eigenvalue weighted by molar-refractivity contribution is 7.92. The van der Waals surface area contributed by atoms with Gasteiger partial charge in [-0.3, -0.25) is 4.72 Å². The number of carbonyl (C=O) groups is 1. The Labute approximate surface area is 146 Å². The van der Waals surface area contributed by atoms with E-state index in [1.807, 2.05) is 13.8 Å². The third kappa shape index (κ3) is 3.74. The smallest absolute Gasteiger partial charge is 0.341 e. The van der Waals surface area contributed by atoms with E-state index >= 15 is 0 Å². The van der Waals surface area contributed by atoms with Crippen LogP contribution in [0, 0.1) is 0 Å². The van der Waals surface area contributed by atoms with Crippen LogP contribution < -0.4 is 9.46 Å². The maximum atomic E-state index is 12.6. The van der Waals surface area contributed by atoms with E-state index in [0.29, 0.717) is 24.0 Å². The molecule has 134 valence electrons. The van der Waals surface area contributed by atoms with Crippen LogP contribution >= 0.6 is 0 Å². The summed E-state index contributed by atoms with van der Waals surface area (Å²) in [6.45, 7) is 3.70. The van der Waals surface area contributed by atoms with E-state index in [0.717, 1.165) is 0 Å². The van der Waals surface area contributed by atoms with Crippen LogP contribution in [0.2, 0.25) is 0 Å². The van der Waals surface area contributed by atoms with Gasteiger partial charge < -0.3 is 9.84 Å². The van der Waals surface area contributed by atoms with E-state index in [1.165, 1.54) is 19.4 Å². The number of carboxylic acid groups (broad SMARTS) is 1. The number of benzene rings is 1. The molecule has 0 aliphatic rings. The Balaban J connectivity index is 2.69. The van der Waals surface area contributed by atoms with E-state index in [9.17, 15) is 18.3 Å². The number of sulfonamides is 1. The molecule has 0 bridgehead atoms. The third-order valence-electron chi connectivity index (χ3n) is 3.77. The topological polar surface area (TPSA) is 106 Å². The van der Waals surface area contributed by atoms with Gasteiger partial charge in [-0.2, -0.15) is 8.42 Å². The van der Waals surface area contributed by atoms with Crippen LogP contribution in [0.25, 0.3) is 0 Å². The van der Waals surface area contributed by atoms with Crippen LogP contribution in [0.5, 0.6) is 5.75 Å². The summed E-state index contributed by atoms with van der Waals surface area (Å²) in [5, 5.41) is 9.47. The molecular weight excluding hydrogens is 344 g/mol. The average Bonchev–Trinajstić information content (AvgIpc) is 2.61. The lowest BCUT2D eigenvalue weighted by atomic mass is 9.98. The van der Waals surface area contributed by atoms with Crippen LogP contribution in [0.15, 0.2) is 35.5 Å². The van der Waals surface area contributed by atoms with Crippen LogP contribution in [0.4, 0.5) is 5.69 Å². The van der Waals surface area contributed by atoms with Gasteiger partial charge in [-0.15, -0.1) is 0 Å². The maximum Gasteiger partial charge on any atom is 0.341 e. The third-order valence-corrected chi connectivity index (χ3v) is 5.03. The number of rotatable bonds is 7. The van der Waals surface area contributed by atoms with Crippen LogP contribution in [0.3, 0.4) is 0 Å². The lowest BCUT2D eigenvalue weighted by Gasteiger charge is -2.19. The lowest BCUT2D eigenvalue weighted by molar-refractivity contribution is 0.0694. The Bertz CT molecular complexity index is 880. The maximum absolute atomic E-state index is 12.6. The molecule has 25 heavy (non-hydrogen) atoms. The SMILES string of the molecule is CCc1cc(CC)c(OC)c(C(=O)O)c1NS(=O)(=O)c1ccccn1. The van der Waals surface area contributed by atoms with Gasteiger partial charge >= 0.3 is 5.97 Å². The highest BCUT2D eigenvalue weighted by Crippen LogP contribution is 2.36. The fraction of sp³-hybridized carbons (Fsp3) is 0.294. The second-order valence-corrected chi connectivity index (χ2v) is 6.89. The van der Waals surface area contributed by atoms with Gasteiger partial charge in [0, 0.05) is 6.20 Å². The molecule has 0 amide bonds.